The van der Waals surface area contributed by atoms with E-state index < -0.39 is 12.1 Å². The van der Waals surface area contributed by atoms with Crippen LogP contribution in [0.25, 0.3) is 11.1 Å². The average Bonchev–Trinajstić information content (AvgIpc) is 3.33. The number of aromatic nitrogens is 1. The Morgan fingerprint density at radius 3 is 2.34 bits per heavy atom. The number of ether oxygens (including phenoxy) is 1. The predicted molar refractivity (Wildman–Crippen MR) is 105 cm³/mol. The maximum atomic E-state index is 12.1. The molecule has 0 atom stereocenters. The fraction of sp³-hybridized carbons (Fsp3) is 0.227. The Balaban J connectivity index is 1.27. The Hall–Kier alpha value is -3.61. The van der Waals surface area contributed by atoms with Gasteiger partial charge in [-0.15, -0.1) is 0 Å². The number of nitrogens with one attached hydrogen (secondary N) is 1. The van der Waals surface area contributed by atoms with Gasteiger partial charge in [-0.05, 0) is 28.7 Å². The molecular formula is C22H20N2O5. The third-order valence-electron chi connectivity index (χ3n) is 4.99. The minimum absolute atomic E-state index is 0.0248. The zero-order chi connectivity index (χ0) is 20.2. The molecule has 7 heteroatoms. The maximum Gasteiger partial charge on any atom is 0.407 e. The molecule has 1 aliphatic carbocycles. The van der Waals surface area contributed by atoms with E-state index in [1.807, 2.05) is 24.3 Å². The molecule has 3 aromatic rings. The van der Waals surface area contributed by atoms with Gasteiger partial charge in [-0.2, -0.15) is 0 Å². The number of aromatic carboxylic acids is 1. The number of fused-ring (bicyclic) bond motifs is 3. The molecule has 29 heavy (non-hydrogen) atoms. The molecular weight excluding hydrogens is 372 g/mol. The van der Waals surface area contributed by atoms with E-state index in [0.29, 0.717) is 25.1 Å². The summed E-state index contributed by atoms with van der Waals surface area (Å²) >= 11 is 0. The molecule has 1 aromatic heterocycles. The second-order valence-electron chi connectivity index (χ2n) is 6.84. The minimum atomic E-state index is -1.13. The van der Waals surface area contributed by atoms with Crippen molar-refractivity contribution in [2.75, 3.05) is 13.2 Å². The van der Waals surface area contributed by atoms with Crippen molar-refractivity contribution in [1.29, 1.82) is 0 Å². The number of aryl methyl sites for hydroxylation is 1. The van der Waals surface area contributed by atoms with Crippen LogP contribution < -0.4 is 5.32 Å². The van der Waals surface area contributed by atoms with Gasteiger partial charge < -0.3 is 19.7 Å². The number of alkyl carbamates (subject to hydrolysis) is 1. The quantitative estimate of drug-likeness (QED) is 0.592. The van der Waals surface area contributed by atoms with E-state index in [4.69, 9.17) is 14.4 Å². The Bertz CT molecular complexity index is 997. The lowest BCUT2D eigenvalue weighted by Gasteiger charge is -2.14. The van der Waals surface area contributed by atoms with Gasteiger partial charge in [-0.1, -0.05) is 53.7 Å². The molecule has 1 aliphatic rings. The van der Waals surface area contributed by atoms with Crippen molar-refractivity contribution in [2.24, 2.45) is 0 Å². The van der Waals surface area contributed by atoms with E-state index in [1.54, 1.807) is 0 Å². The molecule has 0 saturated carbocycles. The minimum Gasteiger partial charge on any atom is -0.476 e. The van der Waals surface area contributed by atoms with Crippen LogP contribution in [-0.2, 0) is 11.2 Å². The van der Waals surface area contributed by atoms with Crippen molar-refractivity contribution < 1.29 is 24.0 Å². The fourth-order valence-electron chi connectivity index (χ4n) is 3.63. The summed E-state index contributed by atoms with van der Waals surface area (Å²) in [5.74, 6) is -0.634. The van der Waals surface area contributed by atoms with Gasteiger partial charge in [0, 0.05) is 24.9 Å². The summed E-state index contributed by atoms with van der Waals surface area (Å²) in [7, 11) is 0. The number of hydrogen-bond acceptors (Lipinski definition) is 5. The van der Waals surface area contributed by atoms with Crippen molar-refractivity contribution in [2.45, 2.75) is 18.8 Å². The topological polar surface area (TPSA) is 102 Å². The van der Waals surface area contributed by atoms with E-state index in [9.17, 15) is 9.59 Å². The smallest absolute Gasteiger partial charge is 0.407 e. The van der Waals surface area contributed by atoms with Crippen LogP contribution in [0.1, 0.15) is 39.7 Å². The van der Waals surface area contributed by atoms with Crippen LogP contribution >= 0.6 is 0 Å². The molecule has 2 aromatic carbocycles. The summed E-state index contributed by atoms with van der Waals surface area (Å²) in [4.78, 5) is 22.9. The van der Waals surface area contributed by atoms with Gasteiger partial charge in [0.1, 0.15) is 12.4 Å². The Morgan fingerprint density at radius 2 is 1.72 bits per heavy atom. The number of carbonyl (C=O) groups excluding carboxylic acids is 1. The van der Waals surface area contributed by atoms with Crippen molar-refractivity contribution in [3.63, 3.8) is 0 Å². The Labute approximate surface area is 167 Å². The van der Waals surface area contributed by atoms with Crippen LogP contribution in [0.2, 0.25) is 0 Å². The van der Waals surface area contributed by atoms with Crippen LogP contribution in [0.5, 0.6) is 0 Å². The Morgan fingerprint density at radius 1 is 1.07 bits per heavy atom. The predicted octanol–water partition coefficient (Wildman–Crippen LogP) is 3.84. The molecule has 0 aliphatic heterocycles. The van der Waals surface area contributed by atoms with Crippen molar-refractivity contribution in [3.8, 4) is 11.1 Å². The largest absolute Gasteiger partial charge is 0.476 e. The molecule has 0 fully saturated rings. The third-order valence-corrected chi connectivity index (χ3v) is 4.99. The second kappa shape index (κ2) is 8.18. The highest BCUT2D eigenvalue weighted by atomic mass is 16.5. The highest BCUT2D eigenvalue weighted by Crippen LogP contribution is 2.44. The molecule has 0 bridgehead atoms. The van der Waals surface area contributed by atoms with E-state index in [2.05, 4.69) is 34.7 Å². The normalized spacial score (nSPS) is 12.3. The number of carbonyl (C=O) groups is 2. The van der Waals surface area contributed by atoms with Crippen molar-refractivity contribution in [1.82, 2.24) is 10.5 Å². The van der Waals surface area contributed by atoms with Crippen LogP contribution in [0.3, 0.4) is 0 Å². The number of hydrogen-bond donors (Lipinski definition) is 2. The van der Waals surface area contributed by atoms with Gasteiger partial charge in [0.05, 0.1) is 0 Å². The average molecular weight is 392 g/mol. The van der Waals surface area contributed by atoms with Gasteiger partial charge in [-0.3, -0.25) is 0 Å². The lowest BCUT2D eigenvalue weighted by Crippen LogP contribution is -2.27. The zero-order valence-corrected chi connectivity index (χ0v) is 15.6. The number of rotatable bonds is 7. The summed E-state index contributed by atoms with van der Waals surface area (Å²) in [6.45, 7) is 0.656. The molecule has 1 amide bonds. The molecule has 0 saturated heterocycles. The third kappa shape index (κ3) is 3.99. The van der Waals surface area contributed by atoms with Crippen molar-refractivity contribution >= 4 is 12.1 Å². The molecule has 0 radical (unpaired) electrons. The fourth-order valence-corrected chi connectivity index (χ4v) is 3.63. The highest BCUT2D eigenvalue weighted by Gasteiger charge is 2.28. The first kappa shape index (κ1) is 18.7. The summed E-state index contributed by atoms with van der Waals surface area (Å²) in [5, 5.41) is 15.0. The summed E-state index contributed by atoms with van der Waals surface area (Å²) in [6, 6.07) is 17.7. The number of benzene rings is 2. The summed E-state index contributed by atoms with van der Waals surface area (Å²) in [6.07, 6.45) is 0.582. The van der Waals surface area contributed by atoms with E-state index in [0.717, 1.165) is 0 Å². The number of nitrogens with zero attached hydrogens (tertiary/aromatic N) is 1. The molecule has 0 spiro atoms. The SMILES string of the molecule is O=C(NCCCc1cc(C(=O)O)no1)OCC1c2ccccc2-c2ccccc21. The first-order chi connectivity index (χ1) is 14.1. The summed E-state index contributed by atoms with van der Waals surface area (Å²) < 4.78 is 10.4. The lowest BCUT2D eigenvalue weighted by atomic mass is 9.98. The maximum absolute atomic E-state index is 12.1. The number of carboxylic acid groups (broad SMARTS) is 1. The molecule has 0 unspecified atom stereocenters. The van der Waals surface area contributed by atoms with Gasteiger partial charge in [0.25, 0.3) is 0 Å². The number of amides is 1. The van der Waals surface area contributed by atoms with Gasteiger partial charge >= 0.3 is 12.1 Å². The summed E-state index contributed by atoms with van der Waals surface area (Å²) in [5.41, 5.74) is 4.58. The van der Waals surface area contributed by atoms with E-state index in [1.165, 1.54) is 28.3 Å². The molecule has 4 rings (SSSR count). The number of carboxylic acids is 1. The highest BCUT2D eigenvalue weighted by molar-refractivity contribution is 5.85. The van der Waals surface area contributed by atoms with Gasteiger partial charge in [-0.25, -0.2) is 9.59 Å². The van der Waals surface area contributed by atoms with Crippen molar-refractivity contribution in [3.05, 3.63) is 77.2 Å². The molecule has 148 valence electrons. The standard InChI is InChI=1S/C22H20N2O5/c25-21(26)20-12-14(29-24-20)6-5-11-23-22(27)28-13-19-17-9-3-1-7-15(17)16-8-2-4-10-18(16)19/h1-4,7-10,12,19H,5-6,11,13H2,(H,23,27)(H,25,26). The van der Waals surface area contributed by atoms with E-state index in [-0.39, 0.29) is 18.2 Å². The lowest BCUT2D eigenvalue weighted by molar-refractivity contribution is 0.0685. The second-order valence-corrected chi connectivity index (χ2v) is 6.84. The molecule has 1 heterocycles. The van der Waals surface area contributed by atoms with Crippen LogP contribution in [-0.4, -0.2) is 35.5 Å². The first-order valence-corrected chi connectivity index (χ1v) is 9.41. The molecule has 7 nitrogen and oxygen atoms in total. The van der Waals surface area contributed by atoms with Gasteiger partial charge in [0.15, 0.2) is 5.69 Å². The van der Waals surface area contributed by atoms with E-state index >= 15 is 0 Å². The Kier molecular flexibility index (Phi) is 5.29. The monoisotopic (exact) mass is 392 g/mol. The van der Waals surface area contributed by atoms with Crippen LogP contribution in [0.4, 0.5) is 4.79 Å². The molecule has 2 N–H and O–H groups in total. The van der Waals surface area contributed by atoms with Crippen LogP contribution in [0.15, 0.2) is 59.1 Å². The van der Waals surface area contributed by atoms with Crippen LogP contribution in [0, 0.1) is 0 Å². The first-order valence-electron chi connectivity index (χ1n) is 9.41. The zero-order valence-electron chi connectivity index (χ0n) is 15.6. The van der Waals surface area contributed by atoms with Gasteiger partial charge in [0.2, 0.25) is 0 Å².